The van der Waals surface area contributed by atoms with Crippen molar-refractivity contribution in [3.63, 3.8) is 0 Å². The average molecular weight is 459 g/mol. The number of nitrogens with zero attached hydrogens (tertiary/aromatic N) is 2. The van der Waals surface area contributed by atoms with Gasteiger partial charge in [0, 0.05) is 32.7 Å². The van der Waals surface area contributed by atoms with Crippen LogP contribution in [0.5, 0.6) is 11.5 Å². The molecule has 1 spiro atoms. The molecule has 8 heteroatoms. The van der Waals surface area contributed by atoms with Crippen LogP contribution in [-0.4, -0.2) is 75.0 Å². The van der Waals surface area contributed by atoms with Gasteiger partial charge in [-0.3, -0.25) is 4.90 Å². The molecule has 0 saturated carbocycles. The summed E-state index contributed by atoms with van der Waals surface area (Å²) in [6.07, 6.45) is 1.19. The summed E-state index contributed by atoms with van der Waals surface area (Å²) in [4.78, 5) is 2.34. The highest BCUT2D eigenvalue weighted by atomic mass is 32.2. The van der Waals surface area contributed by atoms with Crippen molar-refractivity contribution in [1.82, 2.24) is 9.21 Å². The van der Waals surface area contributed by atoms with Crippen LogP contribution in [0.25, 0.3) is 0 Å². The smallest absolute Gasteiger partial charge is 0.220 e. The van der Waals surface area contributed by atoms with Gasteiger partial charge in [-0.1, -0.05) is 24.3 Å². The number of likely N-dealkylation sites (tertiary alicyclic amines) is 1. The molecule has 2 aromatic carbocycles. The fourth-order valence-corrected chi connectivity index (χ4v) is 7.79. The molecular weight excluding hydrogens is 428 g/mol. The normalized spacial score (nSPS) is 29.1. The van der Waals surface area contributed by atoms with Crippen molar-refractivity contribution < 1.29 is 22.6 Å². The predicted molar refractivity (Wildman–Crippen MR) is 121 cm³/mol. The van der Waals surface area contributed by atoms with Gasteiger partial charge < -0.3 is 14.2 Å². The minimum Gasteiger partial charge on any atom is -0.497 e. The second kappa shape index (κ2) is 8.33. The van der Waals surface area contributed by atoms with Gasteiger partial charge in [-0.15, -0.1) is 0 Å². The first kappa shape index (κ1) is 21.7. The molecule has 3 aliphatic heterocycles. The molecule has 3 aliphatic rings. The topological polar surface area (TPSA) is 68.3 Å². The second-order valence-corrected chi connectivity index (χ2v) is 11.1. The lowest BCUT2D eigenvalue weighted by Gasteiger charge is -2.39. The lowest BCUT2D eigenvalue weighted by atomic mass is 9.99. The van der Waals surface area contributed by atoms with Crippen LogP contribution in [0.4, 0.5) is 0 Å². The zero-order valence-corrected chi connectivity index (χ0v) is 19.4. The Bertz CT molecular complexity index is 1090. The molecule has 32 heavy (non-hydrogen) atoms. The Morgan fingerprint density at radius 1 is 1.03 bits per heavy atom. The number of ether oxygens (including phenoxy) is 3. The number of benzene rings is 2. The van der Waals surface area contributed by atoms with E-state index in [9.17, 15) is 8.42 Å². The summed E-state index contributed by atoms with van der Waals surface area (Å²) in [6.45, 7) is 3.02. The third-order valence-corrected chi connectivity index (χ3v) is 9.28. The number of sulfonamides is 1. The quantitative estimate of drug-likeness (QED) is 0.634. The monoisotopic (exact) mass is 458 g/mol. The maximum Gasteiger partial charge on any atom is 0.220 e. The molecule has 0 aromatic heterocycles. The molecule has 3 heterocycles. The van der Waals surface area contributed by atoms with Crippen molar-refractivity contribution in [2.24, 2.45) is 0 Å². The molecular formula is C24H30N2O5S. The number of fused-ring (bicyclic) bond motifs is 1. The van der Waals surface area contributed by atoms with E-state index in [2.05, 4.69) is 11.0 Å². The van der Waals surface area contributed by atoms with Gasteiger partial charge in [0.25, 0.3) is 0 Å². The predicted octanol–water partition coefficient (Wildman–Crippen LogP) is 2.30. The van der Waals surface area contributed by atoms with Gasteiger partial charge >= 0.3 is 0 Å². The van der Waals surface area contributed by atoms with Crippen LogP contribution in [0.2, 0.25) is 0 Å². The van der Waals surface area contributed by atoms with Crippen LogP contribution in [0.3, 0.4) is 0 Å². The van der Waals surface area contributed by atoms with E-state index in [0.29, 0.717) is 32.5 Å². The molecule has 3 atom stereocenters. The molecule has 2 aromatic rings. The number of methoxy groups -OCH3 is 2. The molecule has 0 aliphatic carbocycles. The Balaban J connectivity index is 1.30. The van der Waals surface area contributed by atoms with E-state index in [1.54, 1.807) is 18.5 Å². The first-order chi connectivity index (χ1) is 15.4. The van der Waals surface area contributed by atoms with Gasteiger partial charge in [0.05, 0.1) is 20.3 Å². The summed E-state index contributed by atoms with van der Waals surface area (Å²) in [5, 5.41) is -0.458. The maximum atomic E-state index is 13.4. The zero-order chi connectivity index (χ0) is 22.3. The fraction of sp³-hybridized carbons (Fsp3) is 0.500. The first-order valence-corrected chi connectivity index (χ1v) is 12.6. The number of hydrogen-bond acceptors (Lipinski definition) is 6. The summed E-state index contributed by atoms with van der Waals surface area (Å²) < 4.78 is 45.4. The standard InChI is InChI=1S/C24H30N2O5S/c1-29-20-7-3-5-18(11-20)9-10-26-17-24-16-25(14-19-6-4-8-21(12-19)30-2)15-22(31-24)13-23(24)32(26,27)28/h3-8,11-12,22-23H,9-10,13-17H2,1-2H3/t22-,23+,24+/m1/s1. The summed E-state index contributed by atoms with van der Waals surface area (Å²) in [6, 6.07) is 15.9. The minimum absolute atomic E-state index is 0.0327. The Hall–Kier alpha value is -2.13. The molecule has 3 fully saturated rings. The molecule has 0 N–H and O–H groups in total. The minimum atomic E-state index is -3.39. The SMILES string of the molecule is COc1cccc(CCN2C[C@@]34CN(Cc5cccc(OC)c5)C[C@@H](C[C@@H]3S2(=O)=O)O4)c1. The molecule has 0 radical (unpaired) electrons. The summed E-state index contributed by atoms with van der Waals surface area (Å²) in [5.41, 5.74) is 1.58. The summed E-state index contributed by atoms with van der Waals surface area (Å²) in [7, 11) is -0.0853. The van der Waals surface area contributed by atoms with E-state index in [0.717, 1.165) is 35.7 Å². The number of morpholine rings is 1. The van der Waals surface area contributed by atoms with E-state index < -0.39 is 20.9 Å². The highest BCUT2D eigenvalue weighted by Gasteiger charge is 2.64. The highest BCUT2D eigenvalue weighted by molar-refractivity contribution is 7.90. The lowest BCUT2D eigenvalue weighted by Crippen LogP contribution is -2.54. The Morgan fingerprint density at radius 3 is 2.44 bits per heavy atom. The molecule has 2 bridgehead atoms. The average Bonchev–Trinajstić information content (AvgIpc) is 3.17. The van der Waals surface area contributed by atoms with Gasteiger partial charge in [0.15, 0.2) is 0 Å². The number of rotatable bonds is 7. The van der Waals surface area contributed by atoms with Gasteiger partial charge in [-0.25, -0.2) is 8.42 Å². The zero-order valence-electron chi connectivity index (χ0n) is 18.6. The molecule has 3 saturated heterocycles. The molecule has 0 amide bonds. The largest absolute Gasteiger partial charge is 0.497 e. The van der Waals surface area contributed by atoms with Crippen LogP contribution in [0.1, 0.15) is 17.5 Å². The molecule has 172 valence electrons. The van der Waals surface area contributed by atoms with Gasteiger partial charge in [-0.05, 0) is 48.2 Å². The third-order valence-electron chi connectivity index (χ3n) is 6.91. The third kappa shape index (κ3) is 3.90. The van der Waals surface area contributed by atoms with E-state index in [1.165, 1.54) is 0 Å². The second-order valence-electron chi connectivity index (χ2n) is 9.03. The van der Waals surface area contributed by atoms with Crippen molar-refractivity contribution in [1.29, 1.82) is 0 Å². The Kier molecular flexibility index (Phi) is 5.65. The van der Waals surface area contributed by atoms with Crippen LogP contribution in [0.15, 0.2) is 48.5 Å². The molecule has 7 nitrogen and oxygen atoms in total. The van der Waals surface area contributed by atoms with Crippen molar-refractivity contribution in [2.45, 2.75) is 36.3 Å². The summed E-state index contributed by atoms with van der Waals surface area (Å²) >= 11 is 0. The summed E-state index contributed by atoms with van der Waals surface area (Å²) in [5.74, 6) is 1.62. The maximum absolute atomic E-state index is 13.4. The lowest BCUT2D eigenvalue weighted by molar-refractivity contribution is -0.109. The van der Waals surface area contributed by atoms with Crippen molar-refractivity contribution in [2.75, 3.05) is 40.4 Å². The van der Waals surface area contributed by atoms with Crippen molar-refractivity contribution >= 4 is 10.0 Å². The van der Waals surface area contributed by atoms with Crippen molar-refractivity contribution in [3.8, 4) is 11.5 Å². The van der Waals surface area contributed by atoms with Crippen LogP contribution < -0.4 is 9.47 Å². The number of hydrogen-bond donors (Lipinski definition) is 0. The van der Waals surface area contributed by atoms with Crippen LogP contribution in [0, 0.1) is 0 Å². The van der Waals surface area contributed by atoms with E-state index in [4.69, 9.17) is 14.2 Å². The first-order valence-electron chi connectivity index (χ1n) is 11.1. The molecule has 0 unspecified atom stereocenters. The van der Waals surface area contributed by atoms with Gasteiger partial charge in [-0.2, -0.15) is 4.31 Å². The van der Waals surface area contributed by atoms with Crippen molar-refractivity contribution in [3.05, 3.63) is 59.7 Å². The van der Waals surface area contributed by atoms with Crippen LogP contribution in [-0.2, 0) is 27.7 Å². The van der Waals surface area contributed by atoms with Gasteiger partial charge in [0.2, 0.25) is 10.0 Å². The van der Waals surface area contributed by atoms with E-state index in [-0.39, 0.29) is 6.10 Å². The van der Waals surface area contributed by atoms with Gasteiger partial charge in [0.1, 0.15) is 22.4 Å². The Labute approximate surface area is 189 Å². The fourth-order valence-electron chi connectivity index (χ4n) is 5.48. The Morgan fingerprint density at radius 2 is 1.72 bits per heavy atom. The van der Waals surface area contributed by atoms with Crippen LogP contribution >= 0.6 is 0 Å². The molecule has 5 rings (SSSR count). The van der Waals surface area contributed by atoms with E-state index >= 15 is 0 Å². The highest BCUT2D eigenvalue weighted by Crippen LogP contribution is 2.46. The van der Waals surface area contributed by atoms with E-state index in [1.807, 2.05) is 42.5 Å².